The fraction of sp³-hybridized carbons (Fsp3) is 0.250. The number of halogens is 3. The van der Waals surface area contributed by atoms with Crippen LogP contribution in [0.4, 0.5) is 5.69 Å². The molecule has 0 saturated carbocycles. The van der Waals surface area contributed by atoms with E-state index in [1.54, 1.807) is 23.2 Å². The summed E-state index contributed by atoms with van der Waals surface area (Å²) < 4.78 is 0. The zero-order chi connectivity index (χ0) is 16.6. The molecule has 0 spiro atoms. The Balaban J connectivity index is 2.00. The molecule has 4 nitrogen and oxygen atoms in total. The fourth-order valence-corrected chi connectivity index (χ4v) is 3.38. The van der Waals surface area contributed by atoms with Gasteiger partial charge in [-0.05, 0) is 42.7 Å². The van der Waals surface area contributed by atoms with E-state index in [9.17, 15) is 9.90 Å². The number of hydrazone groups is 1. The highest BCUT2D eigenvalue weighted by molar-refractivity contribution is 6.38. The molecule has 1 heterocycles. The summed E-state index contributed by atoms with van der Waals surface area (Å²) in [5, 5.41) is 16.9. The summed E-state index contributed by atoms with van der Waals surface area (Å²) in [4.78, 5) is 11.3. The summed E-state index contributed by atoms with van der Waals surface area (Å²) in [5.41, 5.74) is 1.84. The second-order valence-corrected chi connectivity index (χ2v) is 6.70. The van der Waals surface area contributed by atoms with E-state index in [0.717, 1.165) is 23.4 Å². The first-order valence-corrected chi connectivity index (χ1v) is 8.19. The molecule has 1 aromatic carbocycles. The van der Waals surface area contributed by atoms with Gasteiger partial charge in [-0.1, -0.05) is 40.9 Å². The molecule has 0 saturated heterocycles. The van der Waals surface area contributed by atoms with E-state index < -0.39 is 5.97 Å². The molecule has 1 aromatic rings. The van der Waals surface area contributed by atoms with E-state index >= 15 is 0 Å². The highest BCUT2D eigenvalue weighted by Crippen LogP contribution is 2.37. The average Bonchev–Trinajstić information content (AvgIpc) is 2.93. The highest BCUT2D eigenvalue weighted by atomic mass is 35.5. The number of allylic oxidation sites excluding steroid dienone is 3. The van der Waals surface area contributed by atoms with Gasteiger partial charge >= 0.3 is 5.97 Å². The van der Waals surface area contributed by atoms with Gasteiger partial charge in [0.05, 0.1) is 16.8 Å². The van der Waals surface area contributed by atoms with Gasteiger partial charge in [0.15, 0.2) is 0 Å². The molecule has 1 N–H and O–H groups in total. The minimum absolute atomic E-state index is 0.113. The van der Waals surface area contributed by atoms with Crippen molar-refractivity contribution in [2.24, 2.45) is 5.10 Å². The van der Waals surface area contributed by atoms with Crippen LogP contribution in [0.25, 0.3) is 0 Å². The summed E-state index contributed by atoms with van der Waals surface area (Å²) in [6.45, 7) is 0. The molecule has 7 heteroatoms. The molecule has 23 heavy (non-hydrogen) atoms. The first-order chi connectivity index (χ1) is 11.0. The van der Waals surface area contributed by atoms with Gasteiger partial charge in [-0.2, -0.15) is 5.10 Å². The topological polar surface area (TPSA) is 52.9 Å². The number of aliphatic carboxylic acids is 1. The molecular formula is C16H13Cl3N2O2. The van der Waals surface area contributed by atoms with Crippen molar-refractivity contribution >= 4 is 52.2 Å². The third kappa shape index (κ3) is 3.39. The van der Waals surface area contributed by atoms with Crippen molar-refractivity contribution in [1.82, 2.24) is 0 Å². The predicted octanol–water partition coefficient (Wildman–Crippen LogP) is 4.86. The molecule has 1 atom stereocenters. The standard InChI is InChI=1S/C16H13Cl3N2O2/c17-10-3-1-9(2-4-10)15-8-13(16(22)23)20-21(15)14-6-5-11(18)7-12(14)19/h1,3,5-7,15H,2,4,8H2,(H,22,23). The zero-order valence-electron chi connectivity index (χ0n) is 12.0. The lowest BCUT2D eigenvalue weighted by Gasteiger charge is -2.27. The molecule has 0 amide bonds. The van der Waals surface area contributed by atoms with Gasteiger partial charge in [0.2, 0.25) is 0 Å². The third-order valence-corrected chi connectivity index (χ3v) is 4.73. The second-order valence-electron chi connectivity index (χ2n) is 5.37. The van der Waals surface area contributed by atoms with E-state index in [-0.39, 0.29) is 11.8 Å². The largest absolute Gasteiger partial charge is 0.477 e. The van der Waals surface area contributed by atoms with Crippen molar-refractivity contribution in [3.05, 3.63) is 51.0 Å². The SMILES string of the molecule is O=C(O)C1=NN(c2ccc(Cl)cc2Cl)C(C2=CC=C(Cl)CC2)C1. The van der Waals surface area contributed by atoms with Crippen molar-refractivity contribution in [2.45, 2.75) is 25.3 Å². The Labute approximate surface area is 148 Å². The Hall–Kier alpha value is -1.49. The lowest BCUT2D eigenvalue weighted by molar-refractivity contribution is -0.129. The average molecular weight is 372 g/mol. The van der Waals surface area contributed by atoms with Gasteiger partial charge in [-0.3, -0.25) is 5.01 Å². The summed E-state index contributed by atoms with van der Waals surface area (Å²) in [5.74, 6) is -1.02. The van der Waals surface area contributed by atoms with Crippen LogP contribution in [-0.2, 0) is 4.79 Å². The minimum atomic E-state index is -1.02. The van der Waals surface area contributed by atoms with Crippen molar-refractivity contribution in [1.29, 1.82) is 0 Å². The summed E-state index contributed by atoms with van der Waals surface area (Å²) in [6, 6.07) is 4.90. The second kappa shape index (κ2) is 6.56. The molecule has 0 aromatic heterocycles. The molecule has 2 aliphatic rings. The van der Waals surface area contributed by atoms with Crippen LogP contribution in [-0.4, -0.2) is 22.8 Å². The quantitative estimate of drug-likeness (QED) is 0.826. The van der Waals surface area contributed by atoms with E-state index in [4.69, 9.17) is 34.8 Å². The number of hydrogen-bond acceptors (Lipinski definition) is 3. The van der Waals surface area contributed by atoms with Crippen molar-refractivity contribution in [3.63, 3.8) is 0 Å². The molecule has 3 rings (SSSR count). The molecule has 1 unspecified atom stereocenters. The Morgan fingerprint density at radius 3 is 2.61 bits per heavy atom. The van der Waals surface area contributed by atoms with Gasteiger partial charge in [0, 0.05) is 16.5 Å². The zero-order valence-corrected chi connectivity index (χ0v) is 14.2. The lowest BCUT2D eigenvalue weighted by Crippen LogP contribution is -2.29. The maximum atomic E-state index is 11.3. The van der Waals surface area contributed by atoms with Crippen LogP contribution in [0.5, 0.6) is 0 Å². The molecule has 1 aliphatic heterocycles. The van der Waals surface area contributed by atoms with E-state index in [0.29, 0.717) is 22.2 Å². The van der Waals surface area contributed by atoms with E-state index in [1.165, 1.54) is 0 Å². The smallest absolute Gasteiger partial charge is 0.352 e. The molecule has 1 aliphatic carbocycles. The lowest BCUT2D eigenvalue weighted by atomic mass is 9.94. The first kappa shape index (κ1) is 16.4. The van der Waals surface area contributed by atoms with Crippen LogP contribution >= 0.6 is 34.8 Å². The van der Waals surface area contributed by atoms with Gasteiger partial charge in [-0.25, -0.2) is 4.79 Å². The van der Waals surface area contributed by atoms with Crippen LogP contribution in [0.2, 0.25) is 10.0 Å². The molecule has 0 fully saturated rings. The summed E-state index contributed by atoms with van der Waals surface area (Å²) >= 11 is 18.2. The number of rotatable bonds is 3. The van der Waals surface area contributed by atoms with Crippen molar-refractivity contribution in [2.75, 3.05) is 5.01 Å². The highest BCUT2D eigenvalue weighted by Gasteiger charge is 2.34. The van der Waals surface area contributed by atoms with Crippen LogP contribution in [0.1, 0.15) is 19.3 Å². The van der Waals surface area contributed by atoms with E-state index in [1.807, 2.05) is 12.2 Å². The molecule has 0 radical (unpaired) electrons. The Kier molecular flexibility index (Phi) is 4.67. The van der Waals surface area contributed by atoms with Crippen LogP contribution in [0.3, 0.4) is 0 Å². The number of benzene rings is 1. The number of carboxylic acids is 1. The van der Waals surface area contributed by atoms with Gasteiger partial charge < -0.3 is 5.11 Å². The molecular weight excluding hydrogens is 359 g/mol. The van der Waals surface area contributed by atoms with Crippen LogP contribution < -0.4 is 5.01 Å². The number of carboxylic acid groups (broad SMARTS) is 1. The minimum Gasteiger partial charge on any atom is -0.477 e. The summed E-state index contributed by atoms with van der Waals surface area (Å²) in [6.07, 6.45) is 5.62. The van der Waals surface area contributed by atoms with Crippen molar-refractivity contribution in [3.8, 4) is 0 Å². The fourth-order valence-electron chi connectivity index (χ4n) is 2.72. The Morgan fingerprint density at radius 1 is 1.22 bits per heavy atom. The van der Waals surface area contributed by atoms with Gasteiger partial charge in [-0.15, -0.1) is 0 Å². The third-order valence-electron chi connectivity index (χ3n) is 3.87. The van der Waals surface area contributed by atoms with E-state index in [2.05, 4.69) is 5.10 Å². The number of nitrogens with zero attached hydrogens (tertiary/aromatic N) is 2. The van der Waals surface area contributed by atoms with Gasteiger partial charge in [0.25, 0.3) is 0 Å². The maximum absolute atomic E-state index is 11.3. The van der Waals surface area contributed by atoms with Crippen LogP contribution in [0.15, 0.2) is 46.1 Å². The summed E-state index contributed by atoms with van der Waals surface area (Å²) in [7, 11) is 0. The maximum Gasteiger partial charge on any atom is 0.352 e. The number of hydrogen-bond donors (Lipinski definition) is 1. The van der Waals surface area contributed by atoms with Crippen LogP contribution in [0, 0.1) is 0 Å². The molecule has 120 valence electrons. The monoisotopic (exact) mass is 370 g/mol. The predicted molar refractivity (Wildman–Crippen MR) is 93.7 cm³/mol. The Bertz CT molecular complexity index is 756. The molecule has 0 bridgehead atoms. The van der Waals surface area contributed by atoms with Gasteiger partial charge in [0.1, 0.15) is 5.71 Å². The number of carbonyl (C=O) groups is 1. The first-order valence-electron chi connectivity index (χ1n) is 7.06. The Morgan fingerprint density at radius 2 is 2.00 bits per heavy atom. The normalized spacial score (nSPS) is 20.9. The van der Waals surface area contributed by atoms with Crippen molar-refractivity contribution < 1.29 is 9.90 Å². The number of anilines is 1.